The summed E-state index contributed by atoms with van der Waals surface area (Å²) in [5.74, 6) is -5.08. The van der Waals surface area contributed by atoms with Gasteiger partial charge in [-0.05, 0) is 42.0 Å². The zero-order valence-electron chi connectivity index (χ0n) is 30.9. The summed E-state index contributed by atoms with van der Waals surface area (Å²) in [6, 6.07) is 31.4. The first-order valence-corrected chi connectivity index (χ1v) is 18.1. The van der Waals surface area contributed by atoms with E-state index in [-0.39, 0.29) is 23.3 Å². The van der Waals surface area contributed by atoms with Gasteiger partial charge in [0.2, 0.25) is 6.29 Å². The van der Waals surface area contributed by atoms with Crippen molar-refractivity contribution in [3.05, 3.63) is 144 Å². The highest BCUT2D eigenvalue weighted by atomic mass is 16.8. The third-order valence-corrected chi connectivity index (χ3v) is 9.11. The van der Waals surface area contributed by atoms with Gasteiger partial charge in [-0.3, -0.25) is 4.79 Å². The van der Waals surface area contributed by atoms with Gasteiger partial charge >= 0.3 is 29.8 Å². The van der Waals surface area contributed by atoms with Crippen molar-refractivity contribution in [1.29, 1.82) is 0 Å². The topological polar surface area (TPSA) is 220 Å². The average Bonchev–Trinajstić information content (AvgIpc) is 3.25. The number of hydrogen-bond donors (Lipinski definition) is 3. The molecule has 2 heterocycles. The predicted molar refractivity (Wildman–Crippen MR) is 196 cm³/mol. The number of aliphatic hydroxyl groups excluding tert-OH is 3. The standard InChI is InChI=1S/C42H40O16/c1-24(44)52-42-36(56-39(49)28-20-12-5-13-21-28)34(57-41-32(31(46)30(45)29(22-43)53-41)54-37(47)26-16-8-3-9-17-26)33(55-38(48)27-18-10-4-11-19-27)35(58-42)40(50)51-23-25-14-6-2-7-15-25/h2-21,29-36,41-43,45-46H,22-23H2,1H3/t29-,30+,31+,32-,33+,34+,35+,36-,41+,42-/m1/s1. The van der Waals surface area contributed by atoms with E-state index in [1.165, 1.54) is 36.4 Å². The molecule has 2 aliphatic rings. The molecular weight excluding hydrogens is 760 g/mol. The molecule has 4 aromatic rings. The zero-order chi connectivity index (χ0) is 41.2. The van der Waals surface area contributed by atoms with Crippen LogP contribution in [-0.4, -0.2) is 113 Å². The van der Waals surface area contributed by atoms with Crippen molar-refractivity contribution in [2.75, 3.05) is 6.61 Å². The quantitative estimate of drug-likeness (QED) is 0.131. The van der Waals surface area contributed by atoms with Gasteiger partial charge < -0.3 is 53.2 Å². The van der Waals surface area contributed by atoms with E-state index in [1.54, 1.807) is 84.9 Å². The summed E-state index contributed by atoms with van der Waals surface area (Å²) in [7, 11) is 0. The number of aliphatic hydroxyl groups is 3. The van der Waals surface area contributed by atoms with Gasteiger partial charge in [-0.25, -0.2) is 19.2 Å². The van der Waals surface area contributed by atoms with Crippen LogP contribution in [0.5, 0.6) is 0 Å². The second kappa shape index (κ2) is 19.4. The van der Waals surface area contributed by atoms with E-state index in [0.717, 1.165) is 6.92 Å². The van der Waals surface area contributed by atoms with Crippen molar-refractivity contribution in [2.24, 2.45) is 0 Å². The van der Waals surface area contributed by atoms with Crippen LogP contribution in [0, 0.1) is 0 Å². The van der Waals surface area contributed by atoms with Crippen molar-refractivity contribution in [3.63, 3.8) is 0 Å². The van der Waals surface area contributed by atoms with Crippen molar-refractivity contribution in [3.8, 4) is 0 Å². The highest BCUT2D eigenvalue weighted by Crippen LogP contribution is 2.35. The first-order valence-electron chi connectivity index (χ1n) is 18.1. The number of carbonyl (C=O) groups excluding carboxylic acids is 5. The van der Waals surface area contributed by atoms with Gasteiger partial charge in [0.15, 0.2) is 30.7 Å². The molecule has 0 amide bonds. The van der Waals surface area contributed by atoms with E-state index >= 15 is 0 Å². The van der Waals surface area contributed by atoms with Crippen molar-refractivity contribution in [1.82, 2.24) is 0 Å². The first-order chi connectivity index (χ1) is 28.0. The minimum Gasteiger partial charge on any atom is -0.459 e. The first kappa shape index (κ1) is 41.6. The SMILES string of the molecule is CC(=O)O[C@@H]1O[C@H](C(=O)OCc2ccccc2)[C@@H](OC(=O)c2ccccc2)[C@H](O[C@@H]2O[C@H](CO)[C@H](O)[C@H](O)[C@H]2OC(=O)c2ccccc2)[C@H]1OC(=O)c1ccccc1. The van der Waals surface area contributed by atoms with E-state index in [4.69, 9.17) is 37.9 Å². The number of esters is 5. The molecule has 0 unspecified atom stereocenters. The van der Waals surface area contributed by atoms with Crippen LogP contribution >= 0.6 is 0 Å². The molecule has 0 saturated carbocycles. The molecule has 10 atom stereocenters. The fraction of sp³-hybridized carbons (Fsp3) is 0.310. The molecule has 304 valence electrons. The molecule has 2 saturated heterocycles. The fourth-order valence-corrected chi connectivity index (χ4v) is 6.22. The van der Waals surface area contributed by atoms with Crippen LogP contribution < -0.4 is 0 Å². The lowest BCUT2D eigenvalue weighted by molar-refractivity contribution is -0.351. The number of rotatable bonds is 13. The molecule has 3 N–H and O–H groups in total. The third kappa shape index (κ3) is 10.1. The minimum absolute atomic E-state index is 0.0139. The molecule has 16 heteroatoms. The van der Waals surface area contributed by atoms with Gasteiger partial charge in [-0.15, -0.1) is 0 Å². The van der Waals surface area contributed by atoms with E-state index < -0.39 is 97.9 Å². The third-order valence-electron chi connectivity index (χ3n) is 9.11. The monoisotopic (exact) mass is 800 g/mol. The molecule has 0 bridgehead atoms. The summed E-state index contributed by atoms with van der Waals surface area (Å²) in [4.78, 5) is 67.4. The van der Waals surface area contributed by atoms with Crippen LogP contribution in [0.25, 0.3) is 0 Å². The maximum Gasteiger partial charge on any atom is 0.339 e. The molecule has 0 aromatic heterocycles. The Balaban J connectivity index is 1.44. The van der Waals surface area contributed by atoms with Crippen molar-refractivity contribution in [2.45, 2.75) is 74.9 Å². The highest BCUT2D eigenvalue weighted by molar-refractivity contribution is 5.91. The van der Waals surface area contributed by atoms with E-state index in [2.05, 4.69) is 0 Å². The number of ether oxygens (including phenoxy) is 8. The normalized spacial score (nSPS) is 26.7. The number of benzene rings is 4. The van der Waals surface area contributed by atoms with E-state index in [0.29, 0.717) is 5.56 Å². The van der Waals surface area contributed by atoms with Crippen LogP contribution in [0.4, 0.5) is 0 Å². The Labute approximate surface area is 331 Å². The van der Waals surface area contributed by atoms with Gasteiger partial charge in [-0.1, -0.05) is 84.9 Å². The summed E-state index contributed by atoms with van der Waals surface area (Å²) in [5.41, 5.74) is 0.649. The van der Waals surface area contributed by atoms with Crippen LogP contribution in [0.15, 0.2) is 121 Å². The Bertz CT molecular complexity index is 2000. The maximum atomic E-state index is 14.0. The number of carbonyl (C=O) groups is 5. The fourth-order valence-electron chi connectivity index (χ4n) is 6.22. The summed E-state index contributed by atoms with van der Waals surface area (Å²) >= 11 is 0. The van der Waals surface area contributed by atoms with Crippen LogP contribution in [0.3, 0.4) is 0 Å². The maximum absolute atomic E-state index is 14.0. The smallest absolute Gasteiger partial charge is 0.339 e. The van der Waals surface area contributed by atoms with Crippen LogP contribution in [0.1, 0.15) is 43.6 Å². The summed E-state index contributed by atoms with van der Waals surface area (Å²) < 4.78 is 46.7. The molecule has 6 rings (SSSR count). The number of hydrogen-bond acceptors (Lipinski definition) is 16. The molecule has 2 aliphatic heterocycles. The summed E-state index contributed by atoms with van der Waals surface area (Å²) in [5, 5.41) is 32.3. The van der Waals surface area contributed by atoms with Crippen LogP contribution in [0.2, 0.25) is 0 Å². The lowest BCUT2D eigenvalue weighted by Gasteiger charge is -2.47. The van der Waals surface area contributed by atoms with Gasteiger partial charge in [-0.2, -0.15) is 0 Å². The van der Waals surface area contributed by atoms with Crippen LogP contribution in [-0.2, 0) is 54.1 Å². The average molecular weight is 801 g/mol. The Morgan fingerprint density at radius 1 is 0.552 bits per heavy atom. The predicted octanol–water partition coefficient (Wildman–Crippen LogP) is 2.52. The molecule has 0 spiro atoms. The van der Waals surface area contributed by atoms with Gasteiger partial charge in [0.1, 0.15) is 31.0 Å². The van der Waals surface area contributed by atoms with Gasteiger partial charge in [0.25, 0.3) is 0 Å². The van der Waals surface area contributed by atoms with Crippen molar-refractivity contribution < 1.29 is 77.2 Å². The van der Waals surface area contributed by atoms with Gasteiger partial charge in [0.05, 0.1) is 23.3 Å². The summed E-state index contributed by atoms with van der Waals surface area (Å²) in [6.45, 7) is -0.123. The highest BCUT2D eigenvalue weighted by Gasteiger charge is 2.58. The molecule has 0 aliphatic carbocycles. The molecule has 2 fully saturated rings. The Hall–Kier alpha value is -6.01. The van der Waals surface area contributed by atoms with Gasteiger partial charge in [0, 0.05) is 6.92 Å². The Morgan fingerprint density at radius 2 is 1.02 bits per heavy atom. The van der Waals surface area contributed by atoms with Crippen molar-refractivity contribution >= 4 is 29.8 Å². The Morgan fingerprint density at radius 3 is 1.50 bits per heavy atom. The molecule has 58 heavy (non-hydrogen) atoms. The second-order valence-electron chi connectivity index (χ2n) is 13.1. The zero-order valence-corrected chi connectivity index (χ0v) is 30.9. The largest absolute Gasteiger partial charge is 0.459 e. The van der Waals surface area contributed by atoms with E-state index in [9.17, 15) is 39.3 Å². The second-order valence-corrected chi connectivity index (χ2v) is 13.1. The Kier molecular flexibility index (Phi) is 13.9. The van der Waals surface area contributed by atoms with E-state index in [1.807, 2.05) is 0 Å². The molecule has 4 aromatic carbocycles. The molecule has 0 radical (unpaired) electrons. The summed E-state index contributed by atoms with van der Waals surface area (Å²) in [6.07, 6.45) is -18.8. The lowest BCUT2D eigenvalue weighted by Crippen LogP contribution is -2.67. The molecular formula is C42H40O16. The molecule has 16 nitrogen and oxygen atoms in total. The lowest BCUT2D eigenvalue weighted by atomic mass is 9.96. The minimum atomic E-state index is -1.96.